The number of rotatable bonds is 6. The fourth-order valence-corrected chi connectivity index (χ4v) is 3.47. The minimum Gasteiger partial charge on any atom is -0.467 e. The van der Waals surface area contributed by atoms with Crippen LogP contribution in [-0.2, 0) is 13.1 Å². The zero-order valence-electron chi connectivity index (χ0n) is 17.2. The number of amides is 1. The molecule has 0 spiro atoms. The highest BCUT2D eigenvalue weighted by Gasteiger charge is 2.19. The summed E-state index contributed by atoms with van der Waals surface area (Å²) < 4.78 is 5.25. The third-order valence-electron chi connectivity index (χ3n) is 4.90. The Balaban J connectivity index is 0.00000300. The van der Waals surface area contributed by atoms with E-state index in [0.717, 1.165) is 36.9 Å². The maximum Gasteiger partial charge on any atom is 0.251 e. The van der Waals surface area contributed by atoms with Gasteiger partial charge in [0.15, 0.2) is 5.96 Å². The zero-order chi connectivity index (χ0) is 19.8. The molecule has 1 aliphatic rings. The molecular formula is C22H31IN4O2. The van der Waals surface area contributed by atoms with Crippen LogP contribution in [0, 0.1) is 5.92 Å². The van der Waals surface area contributed by atoms with Crippen LogP contribution in [-0.4, -0.2) is 36.4 Å². The standard InChI is InChI=1S/C22H30N4O2.HI/c1-3-23-22(26-11-5-7-17(2)16-26)25-14-18-8-4-9-19(13-18)21(27)24-15-20-10-6-12-28-20;/h4,6,8-10,12-13,17H,3,5,7,11,14-16H2,1-2H3,(H,23,25)(H,24,27);1H. The number of carbonyl (C=O) groups is 1. The summed E-state index contributed by atoms with van der Waals surface area (Å²) in [5.74, 6) is 2.28. The SMILES string of the molecule is CCNC(=NCc1cccc(C(=O)NCc2ccco2)c1)N1CCCC(C)C1.I. The molecule has 7 heteroatoms. The van der Waals surface area contributed by atoms with Gasteiger partial charge in [0.05, 0.1) is 19.4 Å². The van der Waals surface area contributed by atoms with E-state index in [1.54, 1.807) is 6.26 Å². The van der Waals surface area contributed by atoms with Crippen LogP contribution in [0.15, 0.2) is 52.1 Å². The Morgan fingerprint density at radius 2 is 2.14 bits per heavy atom. The van der Waals surface area contributed by atoms with Crippen molar-refractivity contribution in [1.82, 2.24) is 15.5 Å². The van der Waals surface area contributed by atoms with Crippen molar-refractivity contribution in [1.29, 1.82) is 0 Å². The first kappa shape index (κ1) is 23.3. The van der Waals surface area contributed by atoms with Crippen molar-refractivity contribution in [3.63, 3.8) is 0 Å². The molecule has 0 aliphatic carbocycles. The molecule has 2 aromatic rings. The Morgan fingerprint density at radius 3 is 2.86 bits per heavy atom. The topological polar surface area (TPSA) is 69.9 Å². The number of hydrogen-bond acceptors (Lipinski definition) is 3. The molecule has 1 aromatic heterocycles. The molecule has 6 nitrogen and oxygen atoms in total. The lowest BCUT2D eigenvalue weighted by Gasteiger charge is -2.33. The van der Waals surface area contributed by atoms with E-state index in [2.05, 4.69) is 29.4 Å². The van der Waals surface area contributed by atoms with E-state index in [-0.39, 0.29) is 29.9 Å². The monoisotopic (exact) mass is 510 g/mol. The van der Waals surface area contributed by atoms with Gasteiger partial charge < -0.3 is 20.0 Å². The predicted molar refractivity (Wildman–Crippen MR) is 127 cm³/mol. The Labute approximate surface area is 190 Å². The van der Waals surface area contributed by atoms with Crippen LogP contribution in [0.4, 0.5) is 0 Å². The first-order valence-corrected chi connectivity index (χ1v) is 10.1. The molecule has 2 N–H and O–H groups in total. The van der Waals surface area contributed by atoms with Crippen molar-refractivity contribution in [3.05, 3.63) is 59.5 Å². The second kappa shape index (κ2) is 11.8. The Kier molecular flexibility index (Phi) is 9.50. The molecule has 1 saturated heterocycles. The second-order valence-corrected chi connectivity index (χ2v) is 7.33. The van der Waals surface area contributed by atoms with Crippen LogP contribution in [0.25, 0.3) is 0 Å². The maximum atomic E-state index is 12.4. The van der Waals surface area contributed by atoms with Gasteiger partial charge in [-0.3, -0.25) is 4.79 Å². The van der Waals surface area contributed by atoms with Gasteiger partial charge >= 0.3 is 0 Å². The summed E-state index contributed by atoms with van der Waals surface area (Å²) in [6, 6.07) is 11.3. The molecule has 1 unspecified atom stereocenters. The molecule has 1 aliphatic heterocycles. The number of hydrogen-bond donors (Lipinski definition) is 2. The predicted octanol–water partition coefficient (Wildman–Crippen LogP) is 4.03. The van der Waals surface area contributed by atoms with Crippen LogP contribution in [0.2, 0.25) is 0 Å². The molecule has 0 saturated carbocycles. The Hall–Kier alpha value is -2.03. The lowest BCUT2D eigenvalue weighted by Crippen LogP contribution is -2.46. The number of guanidine groups is 1. The van der Waals surface area contributed by atoms with Gasteiger partial charge in [0.1, 0.15) is 5.76 Å². The number of nitrogens with one attached hydrogen (secondary N) is 2. The van der Waals surface area contributed by atoms with E-state index in [1.807, 2.05) is 36.4 Å². The lowest BCUT2D eigenvalue weighted by atomic mass is 10.0. The molecule has 1 aromatic carbocycles. The van der Waals surface area contributed by atoms with Crippen molar-refractivity contribution in [2.24, 2.45) is 10.9 Å². The summed E-state index contributed by atoms with van der Waals surface area (Å²) in [5, 5.41) is 6.28. The van der Waals surface area contributed by atoms with Gasteiger partial charge in [0.2, 0.25) is 0 Å². The van der Waals surface area contributed by atoms with E-state index in [1.165, 1.54) is 12.8 Å². The third-order valence-corrected chi connectivity index (χ3v) is 4.90. The minimum atomic E-state index is -0.112. The number of nitrogens with zero attached hydrogens (tertiary/aromatic N) is 2. The largest absolute Gasteiger partial charge is 0.467 e. The van der Waals surface area contributed by atoms with Crippen molar-refractivity contribution in [3.8, 4) is 0 Å². The molecule has 1 atom stereocenters. The first-order valence-electron chi connectivity index (χ1n) is 10.1. The second-order valence-electron chi connectivity index (χ2n) is 7.33. The van der Waals surface area contributed by atoms with Gasteiger partial charge in [0.25, 0.3) is 5.91 Å². The molecular weight excluding hydrogens is 479 g/mol. The van der Waals surface area contributed by atoms with Crippen LogP contribution in [0.5, 0.6) is 0 Å². The number of aliphatic imine (C=N–C) groups is 1. The lowest BCUT2D eigenvalue weighted by molar-refractivity contribution is 0.0948. The summed E-state index contributed by atoms with van der Waals surface area (Å²) in [5.41, 5.74) is 1.65. The van der Waals surface area contributed by atoms with Gasteiger partial charge in [0, 0.05) is 25.2 Å². The van der Waals surface area contributed by atoms with Crippen molar-refractivity contribution in [2.45, 2.75) is 39.8 Å². The fraction of sp³-hybridized carbons (Fsp3) is 0.455. The van der Waals surface area contributed by atoms with Gasteiger partial charge in [-0.1, -0.05) is 19.1 Å². The highest BCUT2D eigenvalue weighted by atomic mass is 127. The van der Waals surface area contributed by atoms with Crippen LogP contribution < -0.4 is 10.6 Å². The highest BCUT2D eigenvalue weighted by molar-refractivity contribution is 14.0. The van der Waals surface area contributed by atoms with Crippen LogP contribution in [0.1, 0.15) is 48.4 Å². The number of likely N-dealkylation sites (tertiary alicyclic amines) is 1. The van der Waals surface area contributed by atoms with Gasteiger partial charge in [-0.25, -0.2) is 4.99 Å². The highest BCUT2D eigenvalue weighted by Crippen LogP contribution is 2.16. The number of piperidine rings is 1. The molecule has 0 bridgehead atoms. The normalized spacial score (nSPS) is 16.8. The molecule has 1 amide bonds. The van der Waals surface area contributed by atoms with E-state index < -0.39 is 0 Å². The average Bonchev–Trinajstić information content (AvgIpc) is 3.23. The molecule has 1 fully saturated rings. The van der Waals surface area contributed by atoms with E-state index in [0.29, 0.717) is 24.6 Å². The average molecular weight is 510 g/mol. The molecule has 3 rings (SSSR count). The number of furan rings is 1. The summed E-state index contributed by atoms with van der Waals surface area (Å²) in [6.45, 7) is 8.25. The van der Waals surface area contributed by atoms with Crippen LogP contribution >= 0.6 is 24.0 Å². The summed E-state index contributed by atoms with van der Waals surface area (Å²) in [4.78, 5) is 19.6. The van der Waals surface area contributed by atoms with E-state index in [9.17, 15) is 4.79 Å². The maximum absolute atomic E-state index is 12.4. The fourth-order valence-electron chi connectivity index (χ4n) is 3.47. The summed E-state index contributed by atoms with van der Waals surface area (Å²) in [7, 11) is 0. The van der Waals surface area contributed by atoms with E-state index in [4.69, 9.17) is 9.41 Å². The van der Waals surface area contributed by atoms with Crippen molar-refractivity contribution < 1.29 is 9.21 Å². The smallest absolute Gasteiger partial charge is 0.251 e. The third kappa shape index (κ3) is 7.06. The molecule has 29 heavy (non-hydrogen) atoms. The van der Waals surface area contributed by atoms with Crippen molar-refractivity contribution in [2.75, 3.05) is 19.6 Å². The Bertz CT molecular complexity index is 792. The van der Waals surface area contributed by atoms with Crippen LogP contribution in [0.3, 0.4) is 0 Å². The quantitative estimate of drug-likeness (QED) is 0.350. The minimum absolute atomic E-state index is 0. The van der Waals surface area contributed by atoms with Gasteiger partial charge in [-0.05, 0) is 55.5 Å². The van der Waals surface area contributed by atoms with Gasteiger partial charge in [-0.2, -0.15) is 0 Å². The number of carbonyl (C=O) groups excluding carboxylic acids is 1. The molecule has 0 radical (unpaired) electrons. The summed E-state index contributed by atoms with van der Waals surface area (Å²) in [6.07, 6.45) is 4.09. The number of halogens is 1. The molecule has 2 heterocycles. The zero-order valence-corrected chi connectivity index (χ0v) is 19.5. The molecule has 158 valence electrons. The van der Waals surface area contributed by atoms with E-state index >= 15 is 0 Å². The Morgan fingerprint density at radius 1 is 1.28 bits per heavy atom. The summed E-state index contributed by atoms with van der Waals surface area (Å²) >= 11 is 0. The number of benzene rings is 1. The first-order chi connectivity index (χ1) is 13.7. The van der Waals surface area contributed by atoms with Gasteiger partial charge in [-0.15, -0.1) is 24.0 Å². The van der Waals surface area contributed by atoms with Crippen molar-refractivity contribution >= 4 is 35.8 Å².